The van der Waals surface area contributed by atoms with Crippen LogP contribution in [0.4, 0.5) is 0 Å². The molecule has 0 radical (unpaired) electrons. The normalized spacial score (nSPS) is 22.6. The summed E-state index contributed by atoms with van der Waals surface area (Å²) in [5.41, 5.74) is 1.71. The first kappa shape index (κ1) is 16.7. The molecule has 6 nitrogen and oxygen atoms in total. The Labute approximate surface area is 130 Å². The summed E-state index contributed by atoms with van der Waals surface area (Å²) in [4.78, 5) is 0. The van der Waals surface area contributed by atoms with Crippen LogP contribution >= 0.6 is 11.6 Å². The van der Waals surface area contributed by atoms with E-state index in [1.54, 1.807) is 4.68 Å². The minimum absolute atomic E-state index is 0.113. The molecule has 1 aliphatic heterocycles. The highest BCUT2D eigenvalue weighted by Gasteiger charge is 2.31. The Morgan fingerprint density at radius 3 is 2.86 bits per heavy atom. The monoisotopic (exact) mass is 335 g/mol. The zero-order chi connectivity index (χ0) is 15.6. The van der Waals surface area contributed by atoms with E-state index in [4.69, 9.17) is 16.7 Å². The van der Waals surface area contributed by atoms with Crippen LogP contribution in [0.15, 0.2) is 0 Å². The molecule has 0 amide bonds. The van der Waals surface area contributed by atoms with E-state index in [0.717, 1.165) is 11.3 Å². The molecule has 0 spiro atoms. The molecule has 1 fully saturated rings. The molecule has 2 atom stereocenters. The van der Waals surface area contributed by atoms with Crippen molar-refractivity contribution in [2.75, 3.05) is 24.7 Å². The predicted molar refractivity (Wildman–Crippen MR) is 82.2 cm³/mol. The van der Waals surface area contributed by atoms with E-state index in [9.17, 15) is 8.42 Å². The molecule has 1 aliphatic rings. The number of aromatic nitrogens is 2. The van der Waals surface area contributed by atoms with Crippen molar-refractivity contribution in [2.24, 2.45) is 5.92 Å². The molecule has 2 heterocycles. The maximum atomic E-state index is 11.6. The van der Waals surface area contributed by atoms with E-state index in [1.165, 1.54) is 0 Å². The molecule has 0 unspecified atom stereocenters. The number of sulfone groups is 1. The Morgan fingerprint density at radius 1 is 1.57 bits per heavy atom. The first-order valence-electron chi connectivity index (χ1n) is 7.09. The first-order chi connectivity index (χ1) is 9.84. The Morgan fingerprint density at radius 2 is 2.29 bits per heavy atom. The third-order valence-electron chi connectivity index (χ3n) is 3.81. The highest BCUT2D eigenvalue weighted by molar-refractivity contribution is 7.91. The Hall–Kier alpha value is -0.630. The molecular weight excluding hydrogens is 314 g/mol. The van der Waals surface area contributed by atoms with Crippen LogP contribution in [0.5, 0.6) is 0 Å². The number of aliphatic hydroxyl groups is 1. The van der Waals surface area contributed by atoms with Crippen molar-refractivity contribution in [3.05, 3.63) is 16.4 Å². The molecule has 8 heteroatoms. The van der Waals surface area contributed by atoms with Crippen molar-refractivity contribution in [1.82, 2.24) is 15.1 Å². The van der Waals surface area contributed by atoms with Gasteiger partial charge in [-0.05, 0) is 19.3 Å². The number of nitrogens with zero attached hydrogens (tertiary/aromatic N) is 2. The summed E-state index contributed by atoms with van der Waals surface area (Å²) in [6.45, 7) is 5.22. The summed E-state index contributed by atoms with van der Waals surface area (Å²) in [6.07, 6.45) is 0.567. The Kier molecular flexibility index (Phi) is 5.29. The molecule has 2 rings (SSSR count). The van der Waals surface area contributed by atoms with Crippen molar-refractivity contribution in [3.8, 4) is 0 Å². The quantitative estimate of drug-likeness (QED) is 0.807. The van der Waals surface area contributed by atoms with Gasteiger partial charge in [0.15, 0.2) is 9.84 Å². The van der Waals surface area contributed by atoms with Crippen molar-refractivity contribution < 1.29 is 13.5 Å². The van der Waals surface area contributed by atoms with Crippen LogP contribution in [0, 0.1) is 12.8 Å². The number of aliphatic hydroxyl groups excluding tert-OH is 1. The summed E-state index contributed by atoms with van der Waals surface area (Å²) < 4.78 is 24.8. The predicted octanol–water partition coefficient (Wildman–Crippen LogP) is 0.923. The smallest absolute Gasteiger partial charge is 0.152 e. The molecule has 0 saturated carbocycles. The van der Waals surface area contributed by atoms with Gasteiger partial charge in [-0.3, -0.25) is 0 Å². The second kappa shape index (κ2) is 6.64. The van der Waals surface area contributed by atoms with Crippen LogP contribution in [0.1, 0.15) is 30.6 Å². The first-order valence-corrected chi connectivity index (χ1v) is 9.29. The molecule has 120 valence electrons. The number of rotatable bonds is 6. The minimum atomic E-state index is -2.96. The lowest BCUT2D eigenvalue weighted by atomic mass is 10.2. The largest absolute Gasteiger partial charge is 0.396 e. The maximum Gasteiger partial charge on any atom is 0.152 e. The van der Waals surface area contributed by atoms with Crippen LogP contribution < -0.4 is 5.32 Å². The highest BCUT2D eigenvalue weighted by atomic mass is 35.5. The summed E-state index contributed by atoms with van der Waals surface area (Å²) in [5.74, 6) is 0.496. The molecule has 1 aromatic rings. The minimum Gasteiger partial charge on any atom is -0.396 e. The van der Waals surface area contributed by atoms with E-state index >= 15 is 0 Å². The van der Waals surface area contributed by atoms with Gasteiger partial charge in [-0.2, -0.15) is 5.10 Å². The summed E-state index contributed by atoms with van der Waals surface area (Å²) >= 11 is 6.37. The molecule has 0 aliphatic carbocycles. The molecule has 2 N–H and O–H groups in total. The van der Waals surface area contributed by atoms with Crippen LogP contribution in [0.25, 0.3) is 0 Å². The van der Waals surface area contributed by atoms with Gasteiger partial charge in [0.1, 0.15) is 5.15 Å². The van der Waals surface area contributed by atoms with Crippen molar-refractivity contribution >= 4 is 21.4 Å². The van der Waals surface area contributed by atoms with Gasteiger partial charge in [0.2, 0.25) is 0 Å². The fourth-order valence-electron chi connectivity index (χ4n) is 2.47. The Bertz CT molecular complexity index is 600. The van der Waals surface area contributed by atoms with Crippen LogP contribution in [0.3, 0.4) is 0 Å². The average Bonchev–Trinajstić information content (AvgIpc) is 2.91. The van der Waals surface area contributed by atoms with Gasteiger partial charge in [0, 0.05) is 25.3 Å². The lowest BCUT2D eigenvalue weighted by Crippen LogP contribution is -2.23. The lowest BCUT2D eigenvalue weighted by molar-refractivity contribution is 0.233. The second-order valence-electron chi connectivity index (χ2n) is 5.77. The van der Waals surface area contributed by atoms with Gasteiger partial charge in [0.05, 0.1) is 23.2 Å². The topological polar surface area (TPSA) is 84.2 Å². The third kappa shape index (κ3) is 3.97. The second-order valence-corrected chi connectivity index (χ2v) is 8.36. The van der Waals surface area contributed by atoms with Crippen LogP contribution in [-0.4, -0.2) is 48.0 Å². The van der Waals surface area contributed by atoms with Crippen LogP contribution in [-0.2, 0) is 16.4 Å². The van der Waals surface area contributed by atoms with Crippen LogP contribution in [0.2, 0.25) is 5.15 Å². The van der Waals surface area contributed by atoms with E-state index in [-0.39, 0.29) is 30.1 Å². The zero-order valence-electron chi connectivity index (χ0n) is 12.3. The molecule has 21 heavy (non-hydrogen) atoms. The van der Waals surface area contributed by atoms with E-state index in [0.29, 0.717) is 24.7 Å². The molecule has 1 aromatic heterocycles. The maximum absolute atomic E-state index is 11.6. The number of halogens is 1. The standard InChI is InChI=1S/C13H22ClN3O3S/c1-9(7-18)5-15-6-12-10(2)16-17(13(12)14)11-3-4-21(19,20)8-11/h9,11,15,18H,3-8H2,1-2H3/t9-,11+/m0/s1. The third-order valence-corrected chi connectivity index (χ3v) is 5.96. The molecule has 1 saturated heterocycles. The van der Waals surface area contributed by atoms with Crippen molar-refractivity contribution in [2.45, 2.75) is 32.9 Å². The van der Waals surface area contributed by atoms with E-state index in [2.05, 4.69) is 10.4 Å². The number of aryl methyl sites for hydroxylation is 1. The van der Waals surface area contributed by atoms with Gasteiger partial charge in [-0.15, -0.1) is 0 Å². The summed E-state index contributed by atoms with van der Waals surface area (Å²) in [5, 5.41) is 17.2. The van der Waals surface area contributed by atoms with Crippen molar-refractivity contribution in [3.63, 3.8) is 0 Å². The highest BCUT2D eigenvalue weighted by Crippen LogP contribution is 2.29. The fourth-order valence-corrected chi connectivity index (χ4v) is 4.54. The Balaban J connectivity index is 2.07. The van der Waals surface area contributed by atoms with Gasteiger partial charge in [0.25, 0.3) is 0 Å². The number of hydrogen-bond acceptors (Lipinski definition) is 5. The SMILES string of the molecule is Cc1nn([C@@H]2CCS(=O)(=O)C2)c(Cl)c1CNC[C@H](C)CO. The fraction of sp³-hybridized carbons (Fsp3) is 0.769. The van der Waals surface area contributed by atoms with Gasteiger partial charge in [-0.25, -0.2) is 13.1 Å². The van der Waals surface area contributed by atoms with Crippen molar-refractivity contribution in [1.29, 1.82) is 0 Å². The van der Waals surface area contributed by atoms with Gasteiger partial charge in [-0.1, -0.05) is 18.5 Å². The average molecular weight is 336 g/mol. The zero-order valence-corrected chi connectivity index (χ0v) is 13.9. The van der Waals surface area contributed by atoms with Gasteiger partial charge < -0.3 is 10.4 Å². The summed E-state index contributed by atoms with van der Waals surface area (Å²) in [6, 6.07) is -0.161. The number of nitrogens with one attached hydrogen (secondary N) is 1. The molecule has 0 bridgehead atoms. The van der Waals surface area contributed by atoms with E-state index < -0.39 is 9.84 Å². The molecule has 0 aromatic carbocycles. The van der Waals surface area contributed by atoms with Gasteiger partial charge >= 0.3 is 0 Å². The number of hydrogen-bond donors (Lipinski definition) is 2. The molecular formula is C13H22ClN3O3S. The summed E-state index contributed by atoms with van der Waals surface area (Å²) in [7, 11) is -2.96. The van der Waals surface area contributed by atoms with E-state index in [1.807, 2.05) is 13.8 Å². The lowest BCUT2D eigenvalue weighted by Gasteiger charge is -2.11.